The maximum absolute atomic E-state index is 6.22. The summed E-state index contributed by atoms with van der Waals surface area (Å²) in [7, 11) is 0. The molecule has 2 aromatic rings. The van der Waals surface area contributed by atoms with Crippen molar-refractivity contribution in [1.29, 1.82) is 0 Å². The van der Waals surface area contributed by atoms with Crippen LogP contribution in [0.15, 0.2) is 29.3 Å². The van der Waals surface area contributed by atoms with Crippen molar-refractivity contribution in [2.75, 3.05) is 19.6 Å². The molecule has 0 atom stereocenters. The molecule has 2 N–H and O–H groups in total. The Kier molecular flexibility index (Phi) is 7.51. The SMILES string of the molecule is CCNC(=NCCc1nnc2n1CCCCC2)NCCc1ccccc1Cl. The predicted molar refractivity (Wildman–Crippen MR) is 110 cm³/mol. The van der Waals surface area contributed by atoms with Crippen LogP contribution in [0.5, 0.6) is 0 Å². The molecule has 1 aliphatic rings. The molecule has 1 aromatic carbocycles. The van der Waals surface area contributed by atoms with Crippen molar-refractivity contribution < 1.29 is 0 Å². The lowest BCUT2D eigenvalue weighted by Crippen LogP contribution is -2.38. The summed E-state index contributed by atoms with van der Waals surface area (Å²) in [6, 6.07) is 7.96. The average Bonchev–Trinajstić information content (AvgIpc) is 2.90. The molecule has 0 radical (unpaired) electrons. The zero-order valence-corrected chi connectivity index (χ0v) is 16.8. The second-order valence-corrected chi connectivity index (χ2v) is 7.18. The van der Waals surface area contributed by atoms with Crippen LogP contribution in [0, 0.1) is 0 Å². The van der Waals surface area contributed by atoms with Crippen LogP contribution in [-0.2, 0) is 25.8 Å². The van der Waals surface area contributed by atoms with Crippen molar-refractivity contribution in [3.8, 4) is 0 Å². The first kappa shape index (κ1) is 19.7. The summed E-state index contributed by atoms with van der Waals surface area (Å²) < 4.78 is 2.29. The number of aromatic nitrogens is 3. The monoisotopic (exact) mass is 388 g/mol. The van der Waals surface area contributed by atoms with Gasteiger partial charge in [-0.1, -0.05) is 36.2 Å². The minimum Gasteiger partial charge on any atom is -0.357 e. The molecule has 0 spiro atoms. The van der Waals surface area contributed by atoms with E-state index >= 15 is 0 Å². The molecule has 0 saturated carbocycles. The van der Waals surface area contributed by atoms with Crippen LogP contribution in [0.25, 0.3) is 0 Å². The Morgan fingerprint density at radius 2 is 2.04 bits per heavy atom. The summed E-state index contributed by atoms with van der Waals surface area (Å²) in [6.45, 7) is 5.43. The molecule has 146 valence electrons. The number of hydrogen-bond donors (Lipinski definition) is 2. The van der Waals surface area contributed by atoms with E-state index in [1.807, 2.05) is 18.2 Å². The minimum absolute atomic E-state index is 0.694. The largest absolute Gasteiger partial charge is 0.357 e. The molecule has 7 heteroatoms. The fraction of sp³-hybridized carbons (Fsp3) is 0.550. The second-order valence-electron chi connectivity index (χ2n) is 6.77. The van der Waals surface area contributed by atoms with Gasteiger partial charge in [0.1, 0.15) is 11.6 Å². The number of fused-ring (bicyclic) bond motifs is 1. The molecule has 0 fully saturated rings. The topological polar surface area (TPSA) is 67.1 Å². The number of nitrogens with one attached hydrogen (secondary N) is 2. The van der Waals surface area contributed by atoms with Gasteiger partial charge in [-0.2, -0.15) is 0 Å². The van der Waals surface area contributed by atoms with Gasteiger partial charge in [0.15, 0.2) is 5.96 Å². The van der Waals surface area contributed by atoms with Gasteiger partial charge in [-0.15, -0.1) is 10.2 Å². The lowest BCUT2D eigenvalue weighted by Gasteiger charge is -2.12. The minimum atomic E-state index is 0.694. The molecule has 0 bridgehead atoms. The van der Waals surface area contributed by atoms with Crippen molar-refractivity contribution in [2.45, 2.75) is 52.0 Å². The first-order chi connectivity index (χ1) is 13.3. The summed E-state index contributed by atoms with van der Waals surface area (Å²) in [5.74, 6) is 3.03. The number of hydrogen-bond acceptors (Lipinski definition) is 3. The summed E-state index contributed by atoms with van der Waals surface area (Å²) in [5, 5.41) is 16.2. The van der Waals surface area contributed by atoms with Gasteiger partial charge in [-0.3, -0.25) is 4.99 Å². The van der Waals surface area contributed by atoms with E-state index in [0.717, 1.165) is 67.1 Å². The Labute approximate surface area is 166 Å². The normalized spacial score (nSPS) is 14.5. The molecule has 0 unspecified atom stereocenters. The Hall–Kier alpha value is -2.08. The third kappa shape index (κ3) is 5.70. The zero-order valence-electron chi connectivity index (χ0n) is 16.0. The molecule has 0 aliphatic carbocycles. The van der Waals surface area contributed by atoms with Crippen LogP contribution < -0.4 is 10.6 Å². The van der Waals surface area contributed by atoms with Gasteiger partial charge in [0, 0.05) is 44.0 Å². The number of nitrogens with zero attached hydrogens (tertiary/aromatic N) is 4. The van der Waals surface area contributed by atoms with Gasteiger partial charge in [0.2, 0.25) is 0 Å². The first-order valence-electron chi connectivity index (χ1n) is 9.94. The molecule has 1 aromatic heterocycles. The van der Waals surface area contributed by atoms with Crippen LogP contribution in [-0.4, -0.2) is 40.4 Å². The first-order valence-corrected chi connectivity index (χ1v) is 10.3. The fourth-order valence-corrected chi connectivity index (χ4v) is 3.59. The fourth-order valence-electron chi connectivity index (χ4n) is 3.36. The Morgan fingerprint density at radius 1 is 1.15 bits per heavy atom. The van der Waals surface area contributed by atoms with Gasteiger partial charge in [-0.25, -0.2) is 0 Å². The smallest absolute Gasteiger partial charge is 0.191 e. The number of aliphatic imine (C=N–C) groups is 1. The third-order valence-electron chi connectivity index (χ3n) is 4.78. The van der Waals surface area contributed by atoms with Gasteiger partial charge >= 0.3 is 0 Å². The lowest BCUT2D eigenvalue weighted by atomic mass is 10.1. The third-order valence-corrected chi connectivity index (χ3v) is 5.15. The van der Waals surface area contributed by atoms with Crippen molar-refractivity contribution in [3.05, 3.63) is 46.5 Å². The quantitative estimate of drug-likeness (QED) is 0.565. The van der Waals surface area contributed by atoms with Gasteiger partial charge < -0.3 is 15.2 Å². The molecule has 3 rings (SSSR count). The van der Waals surface area contributed by atoms with Crippen LogP contribution >= 0.6 is 11.6 Å². The Balaban J connectivity index is 1.52. The second kappa shape index (κ2) is 10.3. The van der Waals surface area contributed by atoms with E-state index in [9.17, 15) is 0 Å². The van der Waals surface area contributed by atoms with Gasteiger partial charge in [0.05, 0.1) is 0 Å². The molecule has 6 nitrogen and oxygen atoms in total. The van der Waals surface area contributed by atoms with Crippen LogP contribution in [0.2, 0.25) is 5.02 Å². The molecule has 1 aliphatic heterocycles. The number of aryl methyl sites for hydroxylation is 1. The number of guanidine groups is 1. The maximum Gasteiger partial charge on any atom is 0.191 e. The number of benzene rings is 1. The predicted octanol–water partition coefficient (Wildman–Crippen LogP) is 3.00. The Bertz CT molecular complexity index is 755. The molecule has 2 heterocycles. The van der Waals surface area contributed by atoms with E-state index in [-0.39, 0.29) is 0 Å². The highest BCUT2D eigenvalue weighted by Crippen LogP contribution is 2.15. The molecule has 0 saturated heterocycles. The van der Waals surface area contributed by atoms with E-state index in [2.05, 4.69) is 38.4 Å². The number of halogens is 1. The van der Waals surface area contributed by atoms with Crippen LogP contribution in [0.1, 0.15) is 43.4 Å². The van der Waals surface area contributed by atoms with Crippen molar-refractivity contribution in [2.24, 2.45) is 4.99 Å². The highest BCUT2D eigenvalue weighted by molar-refractivity contribution is 6.31. The summed E-state index contributed by atoms with van der Waals surface area (Å²) in [4.78, 5) is 4.69. The van der Waals surface area contributed by atoms with E-state index in [4.69, 9.17) is 16.6 Å². The van der Waals surface area contributed by atoms with Crippen LogP contribution in [0.3, 0.4) is 0 Å². The van der Waals surface area contributed by atoms with Crippen LogP contribution in [0.4, 0.5) is 0 Å². The van der Waals surface area contributed by atoms with Crippen molar-refractivity contribution in [1.82, 2.24) is 25.4 Å². The number of rotatable bonds is 7. The van der Waals surface area contributed by atoms with E-state index in [1.54, 1.807) is 0 Å². The van der Waals surface area contributed by atoms with Crippen molar-refractivity contribution in [3.63, 3.8) is 0 Å². The molecular weight excluding hydrogens is 360 g/mol. The maximum atomic E-state index is 6.22. The highest BCUT2D eigenvalue weighted by atomic mass is 35.5. The highest BCUT2D eigenvalue weighted by Gasteiger charge is 2.14. The molecular formula is C20H29ClN6. The summed E-state index contributed by atoms with van der Waals surface area (Å²) in [5.41, 5.74) is 1.15. The standard InChI is InChI=1S/C20H29ClN6/c1-2-22-20(23-13-11-16-8-5-6-9-17(16)21)24-14-12-19-26-25-18-10-4-3-7-15-27(18)19/h5-6,8-9H,2-4,7,10-15H2,1H3,(H2,22,23,24). The summed E-state index contributed by atoms with van der Waals surface area (Å²) in [6.07, 6.45) is 6.43. The zero-order chi connectivity index (χ0) is 18.9. The van der Waals surface area contributed by atoms with E-state index in [0.29, 0.717) is 6.54 Å². The van der Waals surface area contributed by atoms with E-state index in [1.165, 1.54) is 19.3 Å². The van der Waals surface area contributed by atoms with Gasteiger partial charge in [0.25, 0.3) is 0 Å². The molecule has 27 heavy (non-hydrogen) atoms. The van der Waals surface area contributed by atoms with Crippen molar-refractivity contribution >= 4 is 17.6 Å². The van der Waals surface area contributed by atoms with Gasteiger partial charge in [-0.05, 0) is 37.8 Å². The average molecular weight is 389 g/mol. The van der Waals surface area contributed by atoms with E-state index < -0.39 is 0 Å². The summed E-state index contributed by atoms with van der Waals surface area (Å²) >= 11 is 6.22. The lowest BCUT2D eigenvalue weighted by molar-refractivity contribution is 0.604. The Morgan fingerprint density at radius 3 is 2.89 bits per heavy atom. The molecule has 0 amide bonds.